The van der Waals surface area contributed by atoms with Crippen LogP contribution < -0.4 is 15.4 Å². The molecule has 1 aliphatic rings. The fraction of sp³-hybridized carbons (Fsp3) is 0.333. The third-order valence-electron chi connectivity index (χ3n) is 3.35. The molecule has 2 N–H and O–H groups in total. The van der Waals surface area contributed by atoms with E-state index < -0.39 is 12.7 Å². The molecule has 0 aliphatic carbocycles. The maximum Gasteiger partial charge on any atom is 0.387 e. The maximum atomic E-state index is 12.6. The summed E-state index contributed by atoms with van der Waals surface area (Å²) in [5, 5.41) is 6.16. The molecular weight excluding hydrogens is 324 g/mol. The second-order valence-corrected chi connectivity index (χ2v) is 5.59. The largest absolute Gasteiger partial charge is 0.434 e. The van der Waals surface area contributed by atoms with Crippen molar-refractivity contribution in [1.29, 1.82) is 0 Å². The summed E-state index contributed by atoms with van der Waals surface area (Å²) in [5.41, 5.74) is 1.39. The van der Waals surface area contributed by atoms with Crippen molar-refractivity contribution in [2.24, 2.45) is 0 Å². The molecule has 1 aliphatic heterocycles. The Kier molecular flexibility index (Phi) is 5.15. The van der Waals surface area contributed by atoms with Gasteiger partial charge in [-0.25, -0.2) is 0 Å². The molecule has 0 spiro atoms. The Labute approximate surface area is 138 Å². The first-order chi connectivity index (χ1) is 10.8. The van der Waals surface area contributed by atoms with Crippen LogP contribution >= 0.6 is 12.2 Å². The monoisotopic (exact) mass is 341 g/mol. The number of nitrogens with one attached hydrogen (secondary N) is 2. The van der Waals surface area contributed by atoms with E-state index in [0.717, 1.165) is 0 Å². The van der Waals surface area contributed by atoms with Crippen molar-refractivity contribution < 1.29 is 18.3 Å². The zero-order chi connectivity index (χ0) is 17.1. The van der Waals surface area contributed by atoms with Gasteiger partial charge in [-0.05, 0) is 25.2 Å². The van der Waals surface area contributed by atoms with Crippen LogP contribution in [0.25, 0.3) is 0 Å². The number of para-hydroxylation sites is 1. The van der Waals surface area contributed by atoms with E-state index in [2.05, 4.69) is 15.4 Å². The van der Waals surface area contributed by atoms with Gasteiger partial charge in [0.25, 0.3) is 5.91 Å². The number of alkyl halides is 2. The van der Waals surface area contributed by atoms with E-state index in [1.54, 1.807) is 39.2 Å². The van der Waals surface area contributed by atoms with Gasteiger partial charge in [0, 0.05) is 25.4 Å². The normalized spacial score (nSPS) is 17.7. The molecule has 0 radical (unpaired) electrons. The molecule has 0 aromatic heterocycles. The van der Waals surface area contributed by atoms with Gasteiger partial charge in [-0.3, -0.25) is 4.79 Å². The van der Waals surface area contributed by atoms with Crippen molar-refractivity contribution in [3.63, 3.8) is 0 Å². The highest BCUT2D eigenvalue weighted by Gasteiger charge is 2.32. The zero-order valence-electron chi connectivity index (χ0n) is 12.9. The number of thiocarbonyl (C=S) groups is 1. The van der Waals surface area contributed by atoms with E-state index in [-0.39, 0.29) is 11.7 Å². The Morgan fingerprint density at radius 1 is 1.35 bits per heavy atom. The van der Waals surface area contributed by atoms with Crippen LogP contribution in [-0.4, -0.2) is 36.6 Å². The Morgan fingerprint density at radius 3 is 2.61 bits per heavy atom. The molecule has 124 valence electrons. The van der Waals surface area contributed by atoms with Gasteiger partial charge < -0.3 is 20.3 Å². The van der Waals surface area contributed by atoms with Gasteiger partial charge >= 0.3 is 6.61 Å². The summed E-state index contributed by atoms with van der Waals surface area (Å²) in [6.45, 7) is -1.24. The van der Waals surface area contributed by atoms with Gasteiger partial charge in [0.05, 0.1) is 11.6 Å². The molecular formula is C15H17F2N3O2S. The summed E-state index contributed by atoms with van der Waals surface area (Å²) in [5.74, 6) is -0.247. The quantitative estimate of drug-likeness (QED) is 0.822. The second-order valence-electron chi connectivity index (χ2n) is 5.19. The van der Waals surface area contributed by atoms with Crippen LogP contribution in [0.4, 0.5) is 8.78 Å². The van der Waals surface area contributed by atoms with Gasteiger partial charge in [-0.1, -0.05) is 18.2 Å². The summed E-state index contributed by atoms with van der Waals surface area (Å²) in [7, 11) is 3.24. The van der Waals surface area contributed by atoms with Crippen LogP contribution in [0.5, 0.6) is 5.75 Å². The maximum absolute atomic E-state index is 12.6. The number of hydrogen-bond donors (Lipinski definition) is 2. The molecule has 1 atom stereocenters. The van der Waals surface area contributed by atoms with E-state index in [1.165, 1.54) is 11.0 Å². The van der Waals surface area contributed by atoms with E-state index >= 15 is 0 Å². The number of allylic oxidation sites excluding steroid dienone is 1. The number of benzene rings is 1. The Balaban J connectivity index is 2.53. The van der Waals surface area contributed by atoms with Crippen molar-refractivity contribution in [2.75, 3.05) is 14.1 Å². The molecule has 0 unspecified atom stereocenters. The molecule has 0 fully saturated rings. The molecule has 1 amide bonds. The Hall–Kier alpha value is -2.22. The minimum atomic E-state index is -2.96. The third kappa shape index (κ3) is 3.76. The van der Waals surface area contributed by atoms with E-state index in [1.807, 2.05) is 0 Å². The number of carbonyl (C=O) groups is 1. The fourth-order valence-corrected chi connectivity index (χ4v) is 2.64. The smallest absolute Gasteiger partial charge is 0.387 e. The number of likely N-dealkylation sites (N-methyl/N-ethyl adjacent to an activating group) is 1. The van der Waals surface area contributed by atoms with Crippen LogP contribution in [0, 0.1) is 0 Å². The van der Waals surface area contributed by atoms with Crippen molar-refractivity contribution in [2.45, 2.75) is 19.6 Å². The lowest BCUT2D eigenvalue weighted by Crippen LogP contribution is -2.46. The summed E-state index contributed by atoms with van der Waals surface area (Å²) < 4.78 is 29.8. The number of halogens is 2. The Morgan fingerprint density at radius 2 is 2.00 bits per heavy atom. The topological polar surface area (TPSA) is 53.6 Å². The van der Waals surface area contributed by atoms with Gasteiger partial charge in [0.15, 0.2) is 5.11 Å². The van der Waals surface area contributed by atoms with Gasteiger partial charge in [-0.15, -0.1) is 0 Å². The number of rotatable bonds is 4. The van der Waals surface area contributed by atoms with Crippen LogP contribution in [0.15, 0.2) is 35.5 Å². The Bertz CT molecular complexity index is 662. The molecule has 8 heteroatoms. The summed E-state index contributed by atoms with van der Waals surface area (Å²) in [4.78, 5) is 13.9. The highest BCUT2D eigenvalue weighted by molar-refractivity contribution is 7.80. The number of amides is 1. The standard InChI is InChI=1S/C15H17F2N3O2S/c1-8-11(13(21)20(2)3)12(19-15(23)18-8)9-6-4-5-7-10(9)22-14(16)17/h4-7,12,14H,1-3H3,(H2,18,19,23)/t12-/m0/s1. The van der Waals surface area contributed by atoms with Gasteiger partial charge in [0.2, 0.25) is 0 Å². The van der Waals surface area contributed by atoms with Crippen LogP contribution in [0.1, 0.15) is 18.5 Å². The summed E-state index contributed by atoms with van der Waals surface area (Å²) in [6, 6.07) is 5.66. The molecule has 23 heavy (non-hydrogen) atoms. The predicted octanol–water partition coefficient (Wildman–Crippen LogP) is 2.17. The minimum Gasteiger partial charge on any atom is -0.434 e. The lowest BCUT2D eigenvalue weighted by atomic mass is 9.94. The van der Waals surface area contributed by atoms with Crippen molar-refractivity contribution in [1.82, 2.24) is 15.5 Å². The van der Waals surface area contributed by atoms with E-state index in [0.29, 0.717) is 21.9 Å². The summed E-state index contributed by atoms with van der Waals surface area (Å²) in [6.07, 6.45) is 0. The van der Waals surface area contributed by atoms with E-state index in [9.17, 15) is 13.6 Å². The molecule has 2 rings (SSSR count). The minimum absolute atomic E-state index is 0.00144. The van der Waals surface area contributed by atoms with Crippen molar-refractivity contribution >= 4 is 23.2 Å². The third-order valence-corrected chi connectivity index (χ3v) is 3.57. The summed E-state index contributed by atoms with van der Waals surface area (Å²) >= 11 is 5.13. The number of nitrogens with zero attached hydrogens (tertiary/aromatic N) is 1. The lowest BCUT2D eigenvalue weighted by Gasteiger charge is -2.32. The first-order valence-electron chi connectivity index (χ1n) is 6.85. The number of ether oxygens (including phenoxy) is 1. The first kappa shape index (κ1) is 17.1. The highest BCUT2D eigenvalue weighted by Crippen LogP contribution is 2.34. The van der Waals surface area contributed by atoms with E-state index in [4.69, 9.17) is 12.2 Å². The molecule has 1 heterocycles. The fourth-order valence-electron chi connectivity index (χ4n) is 2.37. The molecule has 1 aromatic rings. The predicted molar refractivity (Wildman–Crippen MR) is 86.1 cm³/mol. The number of hydrogen-bond acceptors (Lipinski definition) is 3. The van der Waals surface area contributed by atoms with Crippen LogP contribution in [0.3, 0.4) is 0 Å². The zero-order valence-corrected chi connectivity index (χ0v) is 13.7. The first-order valence-corrected chi connectivity index (χ1v) is 7.25. The van der Waals surface area contributed by atoms with Crippen molar-refractivity contribution in [3.05, 3.63) is 41.1 Å². The molecule has 5 nitrogen and oxygen atoms in total. The molecule has 0 saturated heterocycles. The van der Waals surface area contributed by atoms with Crippen molar-refractivity contribution in [3.8, 4) is 5.75 Å². The van der Waals surface area contributed by atoms with Gasteiger partial charge in [0.1, 0.15) is 5.75 Å². The highest BCUT2D eigenvalue weighted by atomic mass is 32.1. The average Bonchev–Trinajstić information content (AvgIpc) is 2.45. The molecule has 0 bridgehead atoms. The average molecular weight is 341 g/mol. The SMILES string of the molecule is CC1=C(C(=O)N(C)C)[C@H](c2ccccc2OC(F)F)NC(=S)N1. The lowest BCUT2D eigenvalue weighted by molar-refractivity contribution is -0.125. The van der Waals surface area contributed by atoms with Crippen LogP contribution in [0.2, 0.25) is 0 Å². The van der Waals surface area contributed by atoms with Crippen LogP contribution in [-0.2, 0) is 4.79 Å². The molecule has 1 aromatic carbocycles. The molecule has 0 saturated carbocycles. The second kappa shape index (κ2) is 6.91. The number of carbonyl (C=O) groups excluding carboxylic acids is 1. The van der Waals surface area contributed by atoms with Gasteiger partial charge in [-0.2, -0.15) is 8.78 Å².